The van der Waals surface area contributed by atoms with Crippen LogP contribution in [-0.2, 0) is 11.3 Å². The van der Waals surface area contributed by atoms with Crippen molar-refractivity contribution in [3.8, 4) is 0 Å². The minimum Gasteiger partial charge on any atom is -0.468 e. The molecule has 1 aromatic carbocycles. The quantitative estimate of drug-likeness (QED) is 0.833. The van der Waals surface area contributed by atoms with Crippen molar-refractivity contribution in [2.75, 3.05) is 12.4 Å². The van der Waals surface area contributed by atoms with Crippen molar-refractivity contribution < 1.29 is 14.0 Å². The molecule has 0 aliphatic rings. The summed E-state index contributed by atoms with van der Waals surface area (Å²) in [4.78, 5) is 25.4. The SMILES string of the molecule is CC(=O)Nc1ccc(C(=O)C(C)N(C)Cc2ccco2)cc1. The highest BCUT2D eigenvalue weighted by molar-refractivity contribution is 6.00. The van der Waals surface area contributed by atoms with E-state index in [-0.39, 0.29) is 17.7 Å². The van der Waals surface area contributed by atoms with Crippen molar-refractivity contribution >= 4 is 17.4 Å². The molecule has 0 saturated carbocycles. The molecule has 0 fully saturated rings. The number of nitrogens with zero attached hydrogens (tertiary/aromatic N) is 1. The summed E-state index contributed by atoms with van der Waals surface area (Å²) in [6, 6.07) is 10.4. The molecular formula is C17H20N2O3. The second-order valence-corrected chi connectivity index (χ2v) is 5.29. The fourth-order valence-corrected chi connectivity index (χ4v) is 2.15. The third kappa shape index (κ3) is 4.05. The van der Waals surface area contributed by atoms with Crippen LogP contribution in [0.4, 0.5) is 5.69 Å². The third-order valence-corrected chi connectivity index (χ3v) is 3.52. The second-order valence-electron chi connectivity index (χ2n) is 5.29. The molecule has 2 aromatic rings. The topological polar surface area (TPSA) is 62.6 Å². The summed E-state index contributed by atoms with van der Waals surface area (Å²) in [5, 5.41) is 2.68. The van der Waals surface area contributed by atoms with Crippen molar-refractivity contribution in [3.63, 3.8) is 0 Å². The molecule has 0 spiro atoms. The van der Waals surface area contributed by atoms with Crippen molar-refractivity contribution in [2.45, 2.75) is 26.4 Å². The van der Waals surface area contributed by atoms with Gasteiger partial charge >= 0.3 is 0 Å². The van der Waals surface area contributed by atoms with Gasteiger partial charge in [0.2, 0.25) is 5.91 Å². The molecule has 0 aliphatic heterocycles. The fourth-order valence-electron chi connectivity index (χ4n) is 2.15. The van der Waals surface area contributed by atoms with Crippen LogP contribution in [0.15, 0.2) is 47.1 Å². The Morgan fingerprint density at radius 2 is 1.91 bits per heavy atom. The van der Waals surface area contributed by atoms with Gasteiger partial charge in [-0.2, -0.15) is 0 Å². The molecule has 0 saturated heterocycles. The summed E-state index contributed by atoms with van der Waals surface area (Å²) in [7, 11) is 1.89. The largest absolute Gasteiger partial charge is 0.468 e. The van der Waals surface area contributed by atoms with Crippen LogP contribution in [0.25, 0.3) is 0 Å². The third-order valence-electron chi connectivity index (χ3n) is 3.52. The molecule has 0 aliphatic carbocycles. The highest BCUT2D eigenvalue weighted by Crippen LogP contribution is 2.14. The second kappa shape index (κ2) is 7.04. The maximum atomic E-state index is 12.5. The summed E-state index contributed by atoms with van der Waals surface area (Å²) >= 11 is 0. The lowest BCUT2D eigenvalue weighted by Crippen LogP contribution is -2.35. The molecule has 2 rings (SSSR count). The lowest BCUT2D eigenvalue weighted by atomic mass is 10.0. The predicted molar refractivity (Wildman–Crippen MR) is 84.7 cm³/mol. The molecule has 5 nitrogen and oxygen atoms in total. The number of benzene rings is 1. The molecule has 1 atom stereocenters. The zero-order chi connectivity index (χ0) is 16.1. The molecule has 0 radical (unpaired) electrons. The zero-order valence-corrected chi connectivity index (χ0v) is 13.0. The standard InChI is InChI=1S/C17H20N2O3/c1-12(19(3)11-16-5-4-10-22-16)17(21)14-6-8-15(9-7-14)18-13(2)20/h4-10,12H,11H2,1-3H3,(H,18,20). The number of hydrogen-bond donors (Lipinski definition) is 1. The molecule has 116 valence electrons. The Balaban J connectivity index is 2.01. The van der Waals surface area contributed by atoms with Gasteiger partial charge < -0.3 is 9.73 Å². The number of amides is 1. The van der Waals surface area contributed by atoms with Crippen molar-refractivity contribution in [1.82, 2.24) is 4.90 Å². The minimum atomic E-state index is -0.267. The van der Waals surface area contributed by atoms with Crippen LogP contribution in [0.2, 0.25) is 0 Å². The zero-order valence-electron chi connectivity index (χ0n) is 13.0. The number of likely N-dealkylation sites (N-methyl/N-ethyl adjacent to an activating group) is 1. The number of anilines is 1. The molecule has 1 N–H and O–H groups in total. The average molecular weight is 300 g/mol. The monoisotopic (exact) mass is 300 g/mol. The van der Waals surface area contributed by atoms with Gasteiger partial charge in [-0.15, -0.1) is 0 Å². The number of Topliss-reactive ketones (excluding diaryl/α,β-unsaturated/α-hetero) is 1. The van der Waals surface area contributed by atoms with Crippen LogP contribution in [0.3, 0.4) is 0 Å². The molecule has 22 heavy (non-hydrogen) atoms. The smallest absolute Gasteiger partial charge is 0.221 e. The van der Waals surface area contributed by atoms with Gasteiger partial charge in [-0.3, -0.25) is 14.5 Å². The van der Waals surface area contributed by atoms with Gasteiger partial charge in [0.05, 0.1) is 18.8 Å². The van der Waals surface area contributed by atoms with Crippen molar-refractivity contribution in [3.05, 3.63) is 54.0 Å². The molecule has 1 unspecified atom stereocenters. The summed E-state index contributed by atoms with van der Waals surface area (Å²) in [5.41, 5.74) is 1.30. The van der Waals surface area contributed by atoms with E-state index in [4.69, 9.17) is 4.42 Å². The summed E-state index contributed by atoms with van der Waals surface area (Å²) in [6.07, 6.45) is 1.62. The molecule has 1 heterocycles. The lowest BCUT2D eigenvalue weighted by molar-refractivity contribution is -0.114. The van der Waals surface area contributed by atoms with E-state index >= 15 is 0 Å². The predicted octanol–water partition coefficient (Wildman–Crippen LogP) is 2.94. The highest BCUT2D eigenvalue weighted by atomic mass is 16.3. The summed E-state index contributed by atoms with van der Waals surface area (Å²) < 4.78 is 5.30. The number of hydrogen-bond acceptors (Lipinski definition) is 4. The van der Waals surface area contributed by atoms with E-state index in [1.165, 1.54) is 6.92 Å². The highest BCUT2D eigenvalue weighted by Gasteiger charge is 2.20. The maximum absolute atomic E-state index is 12.5. The first-order valence-electron chi connectivity index (χ1n) is 7.12. The average Bonchev–Trinajstić information content (AvgIpc) is 2.98. The van der Waals surface area contributed by atoms with Crippen molar-refractivity contribution in [1.29, 1.82) is 0 Å². The Labute approximate surface area is 129 Å². The first kappa shape index (κ1) is 16.0. The lowest BCUT2D eigenvalue weighted by Gasteiger charge is -2.22. The van der Waals surface area contributed by atoms with Gasteiger partial charge in [-0.1, -0.05) is 0 Å². The molecule has 1 amide bonds. The van der Waals surface area contributed by atoms with Crippen LogP contribution < -0.4 is 5.32 Å². The number of ketones is 1. The Bertz CT molecular complexity index is 632. The van der Waals surface area contributed by atoms with Crippen LogP contribution in [-0.4, -0.2) is 29.7 Å². The normalized spacial score (nSPS) is 12.2. The molecule has 5 heteroatoms. The van der Waals surface area contributed by atoms with E-state index < -0.39 is 0 Å². The number of nitrogens with one attached hydrogen (secondary N) is 1. The Morgan fingerprint density at radius 3 is 2.45 bits per heavy atom. The van der Waals surface area contributed by atoms with Gasteiger partial charge in [0, 0.05) is 18.2 Å². The Kier molecular flexibility index (Phi) is 5.12. The van der Waals surface area contributed by atoms with E-state index in [1.54, 1.807) is 30.5 Å². The van der Waals surface area contributed by atoms with Crippen molar-refractivity contribution in [2.24, 2.45) is 0 Å². The van der Waals surface area contributed by atoms with Crippen LogP contribution >= 0.6 is 0 Å². The maximum Gasteiger partial charge on any atom is 0.221 e. The van der Waals surface area contributed by atoms with E-state index in [2.05, 4.69) is 5.32 Å². The van der Waals surface area contributed by atoms with Crippen LogP contribution in [0, 0.1) is 0 Å². The van der Waals surface area contributed by atoms with Crippen LogP contribution in [0.1, 0.15) is 30.0 Å². The number of furan rings is 1. The van der Waals surface area contributed by atoms with Gasteiger partial charge in [-0.25, -0.2) is 0 Å². The molecule has 0 bridgehead atoms. The van der Waals surface area contributed by atoms with E-state index in [1.807, 2.05) is 31.0 Å². The molecular weight excluding hydrogens is 280 g/mol. The van der Waals surface area contributed by atoms with Gasteiger partial charge in [0.15, 0.2) is 5.78 Å². The number of carbonyl (C=O) groups is 2. The first-order chi connectivity index (χ1) is 10.5. The Morgan fingerprint density at radius 1 is 1.23 bits per heavy atom. The number of carbonyl (C=O) groups excluding carboxylic acids is 2. The summed E-state index contributed by atoms with van der Waals surface area (Å²) in [5.74, 6) is 0.720. The van der Waals surface area contributed by atoms with E-state index in [0.717, 1.165) is 5.76 Å². The van der Waals surface area contributed by atoms with E-state index in [9.17, 15) is 9.59 Å². The summed E-state index contributed by atoms with van der Waals surface area (Å²) in [6.45, 7) is 3.89. The van der Waals surface area contributed by atoms with Gasteiger partial charge in [-0.05, 0) is 50.4 Å². The fraction of sp³-hybridized carbons (Fsp3) is 0.294. The Hall–Kier alpha value is -2.40. The van der Waals surface area contributed by atoms with Gasteiger partial charge in [0.25, 0.3) is 0 Å². The molecule has 1 aromatic heterocycles. The minimum absolute atomic E-state index is 0.0310. The van der Waals surface area contributed by atoms with Gasteiger partial charge in [0.1, 0.15) is 5.76 Å². The van der Waals surface area contributed by atoms with E-state index in [0.29, 0.717) is 17.8 Å². The number of rotatable bonds is 6. The van der Waals surface area contributed by atoms with Crippen LogP contribution in [0.5, 0.6) is 0 Å². The first-order valence-corrected chi connectivity index (χ1v) is 7.12.